The maximum Gasteiger partial charge on any atom is 0.233 e. The highest BCUT2D eigenvalue weighted by atomic mass is 32.1. The second kappa shape index (κ2) is 8.65. The number of carbonyl (C=O) groups excluding carboxylic acids is 2. The summed E-state index contributed by atoms with van der Waals surface area (Å²) in [5.41, 5.74) is 1.10. The molecular weight excluding hydrogens is 358 g/mol. The number of amides is 2. The van der Waals surface area contributed by atoms with Crippen molar-refractivity contribution in [1.29, 1.82) is 0 Å². The van der Waals surface area contributed by atoms with E-state index in [0.29, 0.717) is 11.7 Å². The first-order chi connectivity index (χ1) is 13.0. The number of anilines is 1. The lowest BCUT2D eigenvalue weighted by Gasteiger charge is -2.34. The van der Waals surface area contributed by atoms with Gasteiger partial charge in [-0.1, -0.05) is 55.5 Å². The predicted molar refractivity (Wildman–Crippen MR) is 110 cm³/mol. The first kappa shape index (κ1) is 19.5. The van der Waals surface area contributed by atoms with Gasteiger partial charge in [0, 0.05) is 32.3 Å². The van der Waals surface area contributed by atoms with Gasteiger partial charge in [0.15, 0.2) is 5.13 Å². The van der Waals surface area contributed by atoms with Crippen LogP contribution in [-0.2, 0) is 9.59 Å². The minimum atomic E-state index is -0.152. The fourth-order valence-corrected chi connectivity index (χ4v) is 4.28. The monoisotopic (exact) mass is 385 g/mol. The first-order valence-electron chi connectivity index (χ1n) is 9.58. The Kier molecular flexibility index (Phi) is 6.26. The molecule has 0 bridgehead atoms. The van der Waals surface area contributed by atoms with Crippen LogP contribution in [0.4, 0.5) is 5.13 Å². The molecule has 1 aromatic carbocycles. The predicted octanol–water partition coefficient (Wildman–Crippen LogP) is 4.06. The molecule has 3 rings (SSSR count). The number of benzene rings is 1. The lowest BCUT2D eigenvalue weighted by molar-refractivity contribution is -0.138. The molecule has 0 saturated carbocycles. The molecule has 1 aliphatic heterocycles. The van der Waals surface area contributed by atoms with E-state index in [2.05, 4.69) is 4.98 Å². The van der Waals surface area contributed by atoms with E-state index in [4.69, 9.17) is 0 Å². The van der Waals surface area contributed by atoms with Crippen LogP contribution >= 0.6 is 11.3 Å². The van der Waals surface area contributed by atoms with E-state index in [0.717, 1.165) is 36.2 Å². The standard InChI is InChI=1S/C21H27N3O2S/c1-4-15(2)19(25)24-12-8-11-17(14-24)20(26)23(3)21-22-13-18(27-21)16-9-6-5-7-10-16/h5-7,9-10,13,15,17H,4,8,11-12,14H2,1-3H3/t15-,17-/m1/s1. The van der Waals surface area contributed by atoms with Gasteiger partial charge in [-0.3, -0.25) is 14.5 Å². The Labute approximate surface area is 165 Å². The van der Waals surface area contributed by atoms with Gasteiger partial charge in [-0.2, -0.15) is 0 Å². The summed E-state index contributed by atoms with van der Waals surface area (Å²) in [4.78, 5) is 34.5. The summed E-state index contributed by atoms with van der Waals surface area (Å²) in [6, 6.07) is 10.1. The molecule has 0 unspecified atom stereocenters. The van der Waals surface area contributed by atoms with Gasteiger partial charge in [-0.05, 0) is 24.8 Å². The van der Waals surface area contributed by atoms with Gasteiger partial charge < -0.3 is 4.90 Å². The molecule has 2 aromatic rings. The highest BCUT2D eigenvalue weighted by Gasteiger charge is 2.32. The zero-order valence-corrected chi connectivity index (χ0v) is 17.0. The van der Waals surface area contributed by atoms with Crippen LogP contribution in [0.5, 0.6) is 0 Å². The number of hydrogen-bond acceptors (Lipinski definition) is 4. The van der Waals surface area contributed by atoms with Crippen LogP contribution in [0.3, 0.4) is 0 Å². The second-order valence-corrected chi connectivity index (χ2v) is 8.21. The molecule has 1 aromatic heterocycles. The minimum absolute atomic E-state index is 0.0176. The SMILES string of the molecule is CC[C@@H](C)C(=O)N1CCC[C@@H](C(=O)N(C)c2ncc(-c3ccccc3)s2)C1. The highest BCUT2D eigenvalue weighted by molar-refractivity contribution is 7.19. The van der Waals surface area contributed by atoms with E-state index in [9.17, 15) is 9.59 Å². The number of aromatic nitrogens is 1. The van der Waals surface area contributed by atoms with E-state index in [-0.39, 0.29) is 23.7 Å². The molecule has 0 radical (unpaired) electrons. The van der Waals surface area contributed by atoms with Gasteiger partial charge in [0.1, 0.15) is 0 Å². The van der Waals surface area contributed by atoms with Gasteiger partial charge in [0.25, 0.3) is 0 Å². The van der Waals surface area contributed by atoms with Gasteiger partial charge >= 0.3 is 0 Å². The number of nitrogens with zero attached hydrogens (tertiary/aromatic N) is 3. The van der Waals surface area contributed by atoms with Crippen molar-refractivity contribution in [3.8, 4) is 10.4 Å². The van der Waals surface area contributed by atoms with E-state index in [1.54, 1.807) is 11.9 Å². The van der Waals surface area contributed by atoms with E-state index >= 15 is 0 Å². The molecule has 1 aliphatic rings. The van der Waals surface area contributed by atoms with Gasteiger partial charge in [0.05, 0.1) is 10.8 Å². The summed E-state index contributed by atoms with van der Waals surface area (Å²) in [6.45, 7) is 5.26. The Morgan fingerprint density at radius 1 is 1.33 bits per heavy atom. The molecule has 5 nitrogen and oxygen atoms in total. The molecule has 0 aliphatic carbocycles. The van der Waals surface area contributed by atoms with Crippen LogP contribution in [0.1, 0.15) is 33.1 Å². The molecule has 2 heterocycles. The molecule has 2 amide bonds. The van der Waals surface area contributed by atoms with Gasteiger partial charge in [-0.25, -0.2) is 4.98 Å². The van der Waals surface area contributed by atoms with Crippen molar-refractivity contribution >= 4 is 28.3 Å². The van der Waals surface area contributed by atoms with Crippen molar-refractivity contribution in [1.82, 2.24) is 9.88 Å². The Bertz CT molecular complexity index is 790. The lowest BCUT2D eigenvalue weighted by Crippen LogP contribution is -2.47. The van der Waals surface area contributed by atoms with Gasteiger partial charge in [0.2, 0.25) is 11.8 Å². The average Bonchev–Trinajstić information content (AvgIpc) is 3.22. The minimum Gasteiger partial charge on any atom is -0.342 e. The van der Waals surface area contributed by atoms with Gasteiger partial charge in [-0.15, -0.1) is 0 Å². The molecule has 0 N–H and O–H groups in total. The van der Waals surface area contributed by atoms with Crippen LogP contribution in [0.25, 0.3) is 10.4 Å². The summed E-state index contributed by atoms with van der Waals surface area (Å²) in [5, 5.41) is 0.698. The number of thiazole rings is 1. The first-order valence-corrected chi connectivity index (χ1v) is 10.4. The Morgan fingerprint density at radius 2 is 2.07 bits per heavy atom. The molecule has 144 valence electrons. The van der Waals surface area contributed by atoms with E-state index < -0.39 is 0 Å². The number of rotatable bonds is 5. The van der Waals surface area contributed by atoms with Crippen molar-refractivity contribution < 1.29 is 9.59 Å². The largest absolute Gasteiger partial charge is 0.342 e. The Morgan fingerprint density at radius 3 is 2.78 bits per heavy atom. The van der Waals surface area contributed by atoms with Crippen LogP contribution in [0.15, 0.2) is 36.5 Å². The maximum absolute atomic E-state index is 13.0. The number of carbonyl (C=O) groups is 2. The molecule has 0 spiro atoms. The third-order valence-corrected chi connectivity index (χ3v) is 6.41. The smallest absolute Gasteiger partial charge is 0.233 e. The molecule has 6 heteroatoms. The van der Waals surface area contributed by atoms with E-state index in [1.807, 2.05) is 55.3 Å². The summed E-state index contributed by atoms with van der Waals surface area (Å²) >= 11 is 1.52. The van der Waals surface area contributed by atoms with Crippen LogP contribution in [-0.4, -0.2) is 41.8 Å². The normalized spacial score (nSPS) is 18.2. The van der Waals surface area contributed by atoms with Crippen LogP contribution < -0.4 is 4.90 Å². The summed E-state index contributed by atoms with van der Waals surface area (Å²) in [5.74, 6) is 0.0775. The molecule has 27 heavy (non-hydrogen) atoms. The molecule has 1 saturated heterocycles. The lowest BCUT2D eigenvalue weighted by atomic mass is 9.95. The molecule has 2 atom stereocenters. The maximum atomic E-state index is 13.0. The summed E-state index contributed by atoms with van der Waals surface area (Å²) < 4.78 is 0. The van der Waals surface area contributed by atoms with Crippen molar-refractivity contribution in [2.75, 3.05) is 25.0 Å². The van der Waals surface area contributed by atoms with Crippen LogP contribution in [0.2, 0.25) is 0 Å². The second-order valence-electron chi connectivity index (χ2n) is 7.20. The highest BCUT2D eigenvalue weighted by Crippen LogP contribution is 2.32. The topological polar surface area (TPSA) is 53.5 Å². The quantitative estimate of drug-likeness (QED) is 0.780. The fourth-order valence-electron chi connectivity index (χ4n) is 3.39. The van der Waals surface area contributed by atoms with Crippen molar-refractivity contribution in [2.45, 2.75) is 33.1 Å². The van der Waals surface area contributed by atoms with Crippen molar-refractivity contribution in [2.24, 2.45) is 11.8 Å². The number of hydrogen-bond donors (Lipinski definition) is 0. The van der Waals surface area contributed by atoms with Crippen LogP contribution in [0, 0.1) is 11.8 Å². The number of piperidine rings is 1. The summed E-state index contributed by atoms with van der Waals surface area (Å²) in [7, 11) is 1.78. The summed E-state index contributed by atoms with van der Waals surface area (Å²) in [6.07, 6.45) is 4.35. The van der Waals surface area contributed by atoms with Crippen molar-refractivity contribution in [3.63, 3.8) is 0 Å². The Balaban J connectivity index is 1.68. The van der Waals surface area contributed by atoms with E-state index in [1.165, 1.54) is 11.3 Å². The van der Waals surface area contributed by atoms with Crippen molar-refractivity contribution in [3.05, 3.63) is 36.5 Å². The average molecular weight is 386 g/mol. The third-order valence-electron chi connectivity index (χ3n) is 5.29. The number of likely N-dealkylation sites (tertiary alicyclic amines) is 1. The fraction of sp³-hybridized carbons (Fsp3) is 0.476. The molecule has 1 fully saturated rings. The zero-order chi connectivity index (χ0) is 19.4. The molecular formula is C21H27N3O2S. The zero-order valence-electron chi connectivity index (χ0n) is 16.2. The third kappa shape index (κ3) is 4.38. The Hall–Kier alpha value is -2.21.